The van der Waals surface area contributed by atoms with Crippen LogP contribution in [0.3, 0.4) is 0 Å². The fourth-order valence-corrected chi connectivity index (χ4v) is 7.15. The van der Waals surface area contributed by atoms with Crippen LogP contribution in [0.5, 0.6) is 5.75 Å². The lowest BCUT2D eigenvalue weighted by Crippen LogP contribution is -2.53. The number of aryl methyl sites for hydroxylation is 1. The predicted octanol–water partition coefficient (Wildman–Crippen LogP) is 7.45. The number of amides is 2. The summed E-state index contributed by atoms with van der Waals surface area (Å²) in [5.74, 6) is -0.701. The summed E-state index contributed by atoms with van der Waals surface area (Å²) in [6.07, 6.45) is 1.80. The molecule has 2 amide bonds. The number of para-hydroxylation sites is 2. The lowest BCUT2D eigenvalue weighted by Gasteiger charge is -2.34. The largest absolute Gasteiger partial charge is 0.492 e. The highest BCUT2D eigenvalue weighted by Crippen LogP contribution is 2.34. The van der Waals surface area contributed by atoms with E-state index in [-0.39, 0.29) is 36.1 Å². The molecule has 0 fully saturated rings. The standard InChI is InChI=1S/C37H41Cl2N3O5S/c1-4-6-23-40-37(44)34(24-28-13-8-7-9-14-28)41(25-30-31(38)15-12-16-32(30)39)36(43)26-42(33-17-10-11-18-35(33)47-5-2)48(45,46)29-21-19-27(3)20-22-29/h7-22,34H,4-6,23-26H2,1-3H3,(H,40,44)/t34-/m1/s1. The number of hydrogen-bond donors (Lipinski definition) is 1. The van der Waals surface area contributed by atoms with Crippen molar-refractivity contribution < 1.29 is 22.7 Å². The molecule has 4 rings (SSSR count). The van der Waals surface area contributed by atoms with Crippen molar-refractivity contribution in [3.05, 3.63) is 124 Å². The van der Waals surface area contributed by atoms with Gasteiger partial charge in [-0.05, 0) is 62.2 Å². The third-order valence-electron chi connectivity index (χ3n) is 7.81. The Morgan fingerprint density at radius 2 is 1.50 bits per heavy atom. The second-order valence-electron chi connectivity index (χ2n) is 11.3. The number of carbonyl (C=O) groups excluding carboxylic acids is 2. The molecule has 0 aliphatic carbocycles. The van der Waals surface area contributed by atoms with Crippen LogP contribution in [-0.4, -0.2) is 50.9 Å². The van der Waals surface area contributed by atoms with E-state index in [1.807, 2.05) is 44.2 Å². The van der Waals surface area contributed by atoms with Gasteiger partial charge in [0.1, 0.15) is 18.3 Å². The molecule has 0 saturated carbocycles. The summed E-state index contributed by atoms with van der Waals surface area (Å²) in [6.45, 7) is 5.60. The van der Waals surface area contributed by atoms with Crippen LogP contribution in [0.25, 0.3) is 0 Å². The molecule has 0 radical (unpaired) electrons. The van der Waals surface area contributed by atoms with Crippen LogP contribution in [0, 0.1) is 6.92 Å². The summed E-state index contributed by atoms with van der Waals surface area (Å²) >= 11 is 13.2. The van der Waals surface area contributed by atoms with Crippen LogP contribution in [-0.2, 0) is 32.6 Å². The Bertz CT molecular complexity index is 1770. The normalized spacial score (nSPS) is 11.9. The average molecular weight is 711 g/mol. The first-order valence-corrected chi connectivity index (χ1v) is 18.1. The quantitative estimate of drug-likeness (QED) is 0.122. The first-order valence-electron chi connectivity index (χ1n) is 15.9. The molecule has 48 heavy (non-hydrogen) atoms. The number of hydrogen-bond acceptors (Lipinski definition) is 5. The molecule has 0 aliphatic rings. The van der Waals surface area contributed by atoms with Crippen LogP contribution in [0.2, 0.25) is 10.0 Å². The van der Waals surface area contributed by atoms with Gasteiger partial charge in [0.05, 0.1) is 17.2 Å². The maximum atomic E-state index is 14.7. The summed E-state index contributed by atoms with van der Waals surface area (Å²) in [7, 11) is -4.30. The van der Waals surface area contributed by atoms with Gasteiger partial charge < -0.3 is 15.0 Å². The Labute approximate surface area is 293 Å². The maximum Gasteiger partial charge on any atom is 0.264 e. The fourth-order valence-electron chi connectivity index (χ4n) is 5.21. The van der Waals surface area contributed by atoms with Crippen LogP contribution < -0.4 is 14.4 Å². The molecule has 0 saturated heterocycles. The van der Waals surface area contributed by atoms with Gasteiger partial charge in [-0.3, -0.25) is 13.9 Å². The number of ether oxygens (including phenoxy) is 1. The second-order valence-corrected chi connectivity index (χ2v) is 14.0. The molecule has 0 spiro atoms. The van der Waals surface area contributed by atoms with Gasteiger partial charge in [-0.2, -0.15) is 0 Å². The van der Waals surface area contributed by atoms with Gasteiger partial charge >= 0.3 is 0 Å². The summed E-state index contributed by atoms with van der Waals surface area (Å²) in [4.78, 5) is 30.1. The molecule has 11 heteroatoms. The molecule has 0 unspecified atom stereocenters. The smallest absolute Gasteiger partial charge is 0.264 e. The van der Waals surface area contributed by atoms with Gasteiger partial charge in [-0.1, -0.05) is 103 Å². The molecule has 4 aromatic carbocycles. The van der Waals surface area contributed by atoms with Crippen molar-refractivity contribution in [3.8, 4) is 5.75 Å². The van der Waals surface area contributed by atoms with E-state index < -0.39 is 28.5 Å². The van der Waals surface area contributed by atoms with Crippen molar-refractivity contribution in [2.75, 3.05) is 24.0 Å². The number of benzene rings is 4. The number of anilines is 1. The average Bonchev–Trinajstić information content (AvgIpc) is 3.07. The molecule has 0 bridgehead atoms. The van der Waals surface area contributed by atoms with Gasteiger partial charge in [0.2, 0.25) is 11.8 Å². The van der Waals surface area contributed by atoms with Crippen molar-refractivity contribution in [2.24, 2.45) is 0 Å². The highest BCUT2D eigenvalue weighted by molar-refractivity contribution is 7.92. The lowest BCUT2D eigenvalue weighted by atomic mass is 10.0. The van der Waals surface area contributed by atoms with E-state index in [2.05, 4.69) is 5.32 Å². The number of nitrogens with one attached hydrogen (secondary N) is 1. The monoisotopic (exact) mass is 709 g/mol. The van der Waals surface area contributed by atoms with Crippen molar-refractivity contribution in [1.82, 2.24) is 10.2 Å². The zero-order valence-electron chi connectivity index (χ0n) is 27.4. The first-order chi connectivity index (χ1) is 23.1. The number of rotatable bonds is 16. The lowest BCUT2D eigenvalue weighted by molar-refractivity contribution is -0.140. The molecule has 1 atom stereocenters. The Morgan fingerprint density at radius 1 is 0.854 bits per heavy atom. The van der Waals surface area contributed by atoms with E-state index in [4.69, 9.17) is 27.9 Å². The Balaban J connectivity index is 1.86. The van der Waals surface area contributed by atoms with Crippen LogP contribution in [0.4, 0.5) is 5.69 Å². The summed E-state index contributed by atoms with van der Waals surface area (Å²) in [5, 5.41) is 3.61. The second kappa shape index (κ2) is 17.4. The van der Waals surface area contributed by atoms with E-state index in [0.717, 1.165) is 28.3 Å². The van der Waals surface area contributed by atoms with Gasteiger partial charge in [0.15, 0.2) is 0 Å². The first kappa shape index (κ1) is 36.8. The van der Waals surface area contributed by atoms with E-state index in [9.17, 15) is 18.0 Å². The number of nitrogens with zero attached hydrogens (tertiary/aromatic N) is 2. The minimum atomic E-state index is -4.30. The van der Waals surface area contributed by atoms with Crippen LogP contribution >= 0.6 is 23.2 Å². The molecular weight excluding hydrogens is 669 g/mol. The minimum absolute atomic E-state index is 0.00560. The number of sulfonamides is 1. The zero-order valence-corrected chi connectivity index (χ0v) is 29.7. The van der Waals surface area contributed by atoms with Crippen LogP contribution in [0.15, 0.2) is 102 Å². The van der Waals surface area contributed by atoms with E-state index in [1.54, 1.807) is 61.5 Å². The topological polar surface area (TPSA) is 96.0 Å². The Kier molecular flexibility index (Phi) is 13.3. The zero-order chi connectivity index (χ0) is 34.7. The predicted molar refractivity (Wildman–Crippen MR) is 192 cm³/mol. The minimum Gasteiger partial charge on any atom is -0.492 e. The number of unbranched alkanes of at least 4 members (excludes halogenated alkanes) is 1. The van der Waals surface area contributed by atoms with Gasteiger partial charge in [-0.15, -0.1) is 0 Å². The van der Waals surface area contributed by atoms with Crippen molar-refractivity contribution >= 4 is 50.7 Å². The summed E-state index contributed by atoms with van der Waals surface area (Å²) in [5.41, 5.74) is 2.33. The third kappa shape index (κ3) is 9.30. The van der Waals surface area contributed by atoms with Gasteiger partial charge in [0.25, 0.3) is 10.0 Å². The maximum absolute atomic E-state index is 14.7. The van der Waals surface area contributed by atoms with Gasteiger partial charge in [0, 0.05) is 35.1 Å². The highest BCUT2D eigenvalue weighted by atomic mass is 35.5. The third-order valence-corrected chi connectivity index (χ3v) is 10.3. The SMILES string of the molecule is CCCCNC(=O)[C@@H](Cc1ccccc1)N(Cc1c(Cl)cccc1Cl)C(=O)CN(c1ccccc1OCC)S(=O)(=O)c1ccc(C)cc1. The fraction of sp³-hybridized carbons (Fsp3) is 0.297. The van der Waals surface area contributed by atoms with Crippen LogP contribution in [0.1, 0.15) is 43.4 Å². The molecular formula is C37H41Cl2N3O5S. The molecule has 4 aromatic rings. The summed E-state index contributed by atoms with van der Waals surface area (Å²) in [6, 6.07) is 26.4. The molecule has 8 nitrogen and oxygen atoms in total. The summed E-state index contributed by atoms with van der Waals surface area (Å²) < 4.78 is 35.6. The van der Waals surface area contributed by atoms with E-state index in [0.29, 0.717) is 27.9 Å². The Morgan fingerprint density at radius 3 is 2.15 bits per heavy atom. The van der Waals surface area contributed by atoms with E-state index in [1.165, 1.54) is 17.0 Å². The van der Waals surface area contributed by atoms with Crippen molar-refractivity contribution in [1.29, 1.82) is 0 Å². The van der Waals surface area contributed by atoms with Crippen molar-refractivity contribution in [2.45, 2.75) is 57.5 Å². The molecule has 254 valence electrons. The molecule has 1 N–H and O–H groups in total. The van der Waals surface area contributed by atoms with Crippen molar-refractivity contribution in [3.63, 3.8) is 0 Å². The highest BCUT2D eigenvalue weighted by Gasteiger charge is 2.36. The molecule has 0 aliphatic heterocycles. The molecule has 0 aromatic heterocycles. The van der Waals surface area contributed by atoms with E-state index >= 15 is 0 Å². The molecule has 0 heterocycles. The Hall–Kier alpha value is -4.05. The number of carbonyl (C=O) groups is 2. The number of halogens is 2. The van der Waals surface area contributed by atoms with Gasteiger partial charge in [-0.25, -0.2) is 8.42 Å².